The van der Waals surface area contributed by atoms with Crippen molar-refractivity contribution in [1.29, 1.82) is 0 Å². The van der Waals surface area contributed by atoms with E-state index in [2.05, 4.69) is 83.9 Å². The van der Waals surface area contributed by atoms with Crippen molar-refractivity contribution in [1.82, 2.24) is 5.32 Å². The SMILES string of the molecule is Cc1ccc(N(Cc2ccc3ccccc3c2)C2CNC2)cc1. The minimum atomic E-state index is 0.587. The predicted octanol–water partition coefficient (Wildman–Crippen LogP) is 4.13. The molecule has 0 aromatic heterocycles. The van der Waals surface area contributed by atoms with Gasteiger partial charge in [-0.2, -0.15) is 0 Å². The lowest BCUT2D eigenvalue weighted by atomic mass is 10.0. The molecule has 0 atom stereocenters. The van der Waals surface area contributed by atoms with Gasteiger partial charge in [0.05, 0.1) is 6.04 Å². The summed E-state index contributed by atoms with van der Waals surface area (Å²) in [6, 6.07) is 24.9. The van der Waals surface area contributed by atoms with E-state index < -0.39 is 0 Å². The molecule has 0 bridgehead atoms. The number of nitrogens with zero attached hydrogens (tertiary/aromatic N) is 1. The Morgan fingerprint density at radius 1 is 0.913 bits per heavy atom. The third-order valence-electron chi connectivity index (χ3n) is 4.73. The van der Waals surface area contributed by atoms with Gasteiger partial charge in [0.1, 0.15) is 0 Å². The van der Waals surface area contributed by atoms with Gasteiger partial charge in [0.15, 0.2) is 0 Å². The fourth-order valence-corrected chi connectivity index (χ4v) is 3.20. The fraction of sp³-hybridized carbons (Fsp3) is 0.238. The summed E-state index contributed by atoms with van der Waals surface area (Å²) in [5.74, 6) is 0. The number of anilines is 1. The lowest BCUT2D eigenvalue weighted by molar-refractivity contribution is 0.411. The van der Waals surface area contributed by atoms with E-state index in [9.17, 15) is 0 Å². The maximum Gasteiger partial charge on any atom is 0.0542 e. The number of aryl methyl sites for hydroxylation is 1. The van der Waals surface area contributed by atoms with Crippen molar-refractivity contribution >= 4 is 16.5 Å². The van der Waals surface area contributed by atoms with Crippen molar-refractivity contribution in [3.05, 3.63) is 77.9 Å². The lowest BCUT2D eigenvalue weighted by Crippen LogP contribution is -2.57. The van der Waals surface area contributed by atoms with Crippen LogP contribution in [0.4, 0.5) is 5.69 Å². The highest BCUT2D eigenvalue weighted by atomic mass is 15.2. The largest absolute Gasteiger partial charge is 0.362 e. The van der Waals surface area contributed by atoms with Crippen LogP contribution in [-0.4, -0.2) is 19.1 Å². The highest BCUT2D eigenvalue weighted by molar-refractivity contribution is 5.83. The molecule has 2 nitrogen and oxygen atoms in total. The molecule has 0 amide bonds. The Kier molecular flexibility index (Phi) is 3.76. The van der Waals surface area contributed by atoms with E-state index in [1.165, 1.54) is 27.6 Å². The first kappa shape index (κ1) is 14.3. The molecule has 2 heteroatoms. The average molecular weight is 302 g/mol. The van der Waals surface area contributed by atoms with Crippen LogP contribution in [-0.2, 0) is 6.54 Å². The van der Waals surface area contributed by atoms with E-state index in [0.29, 0.717) is 6.04 Å². The molecule has 0 aliphatic carbocycles. The molecular weight excluding hydrogens is 280 g/mol. The second-order valence-electron chi connectivity index (χ2n) is 6.46. The van der Waals surface area contributed by atoms with Crippen LogP contribution in [0.1, 0.15) is 11.1 Å². The molecule has 116 valence electrons. The van der Waals surface area contributed by atoms with Gasteiger partial charge in [-0.05, 0) is 41.5 Å². The molecule has 1 aliphatic rings. The van der Waals surface area contributed by atoms with Gasteiger partial charge in [-0.25, -0.2) is 0 Å². The molecular formula is C21H22N2. The summed E-state index contributed by atoms with van der Waals surface area (Å²) in [6.07, 6.45) is 0. The number of nitrogens with one attached hydrogen (secondary N) is 1. The molecule has 3 aromatic rings. The summed E-state index contributed by atoms with van der Waals surface area (Å²) >= 11 is 0. The van der Waals surface area contributed by atoms with Gasteiger partial charge in [-0.3, -0.25) is 0 Å². The summed E-state index contributed by atoms with van der Waals surface area (Å²) in [5, 5.41) is 6.03. The molecule has 1 fully saturated rings. The van der Waals surface area contributed by atoms with Crippen LogP contribution in [0.2, 0.25) is 0 Å². The predicted molar refractivity (Wildman–Crippen MR) is 98.0 cm³/mol. The Bertz CT molecular complexity index is 803. The molecule has 0 unspecified atom stereocenters. The smallest absolute Gasteiger partial charge is 0.0542 e. The zero-order valence-electron chi connectivity index (χ0n) is 13.5. The fourth-order valence-electron chi connectivity index (χ4n) is 3.20. The average Bonchev–Trinajstić information content (AvgIpc) is 2.53. The molecule has 1 saturated heterocycles. The highest BCUT2D eigenvalue weighted by Crippen LogP contribution is 2.24. The van der Waals surface area contributed by atoms with Gasteiger partial charge in [0.2, 0.25) is 0 Å². The van der Waals surface area contributed by atoms with Gasteiger partial charge in [-0.1, -0.05) is 54.1 Å². The van der Waals surface area contributed by atoms with E-state index in [0.717, 1.165) is 19.6 Å². The minimum absolute atomic E-state index is 0.587. The summed E-state index contributed by atoms with van der Waals surface area (Å²) in [6.45, 7) is 5.24. The maximum absolute atomic E-state index is 3.40. The molecule has 1 heterocycles. The maximum atomic E-state index is 3.40. The quantitative estimate of drug-likeness (QED) is 0.779. The summed E-state index contributed by atoms with van der Waals surface area (Å²) < 4.78 is 0. The molecule has 1 N–H and O–H groups in total. The van der Waals surface area contributed by atoms with Crippen LogP contribution in [0.25, 0.3) is 10.8 Å². The van der Waals surface area contributed by atoms with Crippen LogP contribution in [0.15, 0.2) is 66.7 Å². The third-order valence-corrected chi connectivity index (χ3v) is 4.73. The summed E-state index contributed by atoms with van der Waals surface area (Å²) in [4.78, 5) is 2.53. The van der Waals surface area contributed by atoms with Crippen molar-refractivity contribution in [3.8, 4) is 0 Å². The second kappa shape index (κ2) is 6.05. The van der Waals surface area contributed by atoms with E-state index >= 15 is 0 Å². The monoisotopic (exact) mass is 302 g/mol. The van der Waals surface area contributed by atoms with Crippen molar-refractivity contribution in [2.45, 2.75) is 19.5 Å². The van der Waals surface area contributed by atoms with Crippen molar-refractivity contribution < 1.29 is 0 Å². The van der Waals surface area contributed by atoms with Crippen LogP contribution >= 0.6 is 0 Å². The highest BCUT2D eigenvalue weighted by Gasteiger charge is 2.24. The Morgan fingerprint density at radius 3 is 2.35 bits per heavy atom. The number of hydrogen-bond donors (Lipinski definition) is 1. The number of benzene rings is 3. The topological polar surface area (TPSA) is 15.3 Å². The molecule has 0 saturated carbocycles. The number of fused-ring (bicyclic) bond motifs is 1. The molecule has 23 heavy (non-hydrogen) atoms. The minimum Gasteiger partial charge on any atom is -0.362 e. The first-order chi connectivity index (χ1) is 11.3. The Balaban J connectivity index is 1.64. The first-order valence-electron chi connectivity index (χ1n) is 8.31. The van der Waals surface area contributed by atoms with Crippen LogP contribution < -0.4 is 10.2 Å². The Labute approximate surface area is 137 Å². The van der Waals surface area contributed by atoms with Crippen molar-refractivity contribution in [3.63, 3.8) is 0 Å². The van der Waals surface area contributed by atoms with Gasteiger partial charge in [0, 0.05) is 25.3 Å². The lowest BCUT2D eigenvalue weighted by Gasteiger charge is -2.40. The standard InChI is InChI=1S/C21H22N2/c1-16-6-10-20(11-7-16)23(21-13-22-14-21)15-17-8-9-18-4-2-3-5-19(18)12-17/h2-12,21-22H,13-15H2,1H3. The van der Waals surface area contributed by atoms with Gasteiger partial charge in [0.25, 0.3) is 0 Å². The van der Waals surface area contributed by atoms with Gasteiger partial charge >= 0.3 is 0 Å². The van der Waals surface area contributed by atoms with E-state index in [-0.39, 0.29) is 0 Å². The second-order valence-corrected chi connectivity index (χ2v) is 6.46. The Hall–Kier alpha value is -2.32. The first-order valence-corrected chi connectivity index (χ1v) is 8.31. The third kappa shape index (κ3) is 2.95. The molecule has 1 aliphatic heterocycles. The number of rotatable bonds is 4. The summed E-state index contributed by atoms with van der Waals surface area (Å²) in [5.41, 5.74) is 4.00. The number of hydrogen-bond acceptors (Lipinski definition) is 2. The van der Waals surface area contributed by atoms with Crippen molar-refractivity contribution in [2.24, 2.45) is 0 Å². The molecule has 0 radical (unpaired) electrons. The van der Waals surface area contributed by atoms with Crippen LogP contribution in [0.3, 0.4) is 0 Å². The summed E-state index contributed by atoms with van der Waals surface area (Å²) in [7, 11) is 0. The van der Waals surface area contributed by atoms with Crippen LogP contribution in [0, 0.1) is 6.92 Å². The Morgan fingerprint density at radius 2 is 1.65 bits per heavy atom. The molecule has 3 aromatic carbocycles. The van der Waals surface area contributed by atoms with E-state index in [4.69, 9.17) is 0 Å². The van der Waals surface area contributed by atoms with Gasteiger partial charge in [-0.15, -0.1) is 0 Å². The zero-order valence-corrected chi connectivity index (χ0v) is 13.5. The van der Waals surface area contributed by atoms with Gasteiger partial charge < -0.3 is 10.2 Å². The van der Waals surface area contributed by atoms with Crippen molar-refractivity contribution in [2.75, 3.05) is 18.0 Å². The zero-order chi connectivity index (χ0) is 15.6. The normalized spacial score (nSPS) is 14.7. The van der Waals surface area contributed by atoms with E-state index in [1.54, 1.807) is 0 Å². The molecule has 4 rings (SSSR count). The molecule has 0 spiro atoms. The van der Waals surface area contributed by atoms with E-state index in [1.807, 2.05) is 0 Å². The van der Waals surface area contributed by atoms with Crippen LogP contribution in [0.5, 0.6) is 0 Å².